The van der Waals surface area contributed by atoms with Crippen molar-refractivity contribution in [2.45, 2.75) is 18.9 Å². The topological polar surface area (TPSA) is 53.4 Å². The third-order valence-electron chi connectivity index (χ3n) is 3.04. The number of carbonyl (C=O) groups is 1. The Kier molecular flexibility index (Phi) is 3.74. The van der Waals surface area contributed by atoms with Gasteiger partial charge in [0.15, 0.2) is 0 Å². The average Bonchev–Trinajstić information content (AvgIpc) is 2.31. The third kappa shape index (κ3) is 2.30. The summed E-state index contributed by atoms with van der Waals surface area (Å²) in [6.45, 7) is 2.42. The molecule has 7 heteroatoms. The Morgan fingerprint density at radius 2 is 2.06 bits per heavy atom. The van der Waals surface area contributed by atoms with E-state index in [1.807, 2.05) is 6.92 Å². The summed E-state index contributed by atoms with van der Waals surface area (Å²) in [6, 6.07) is 0. The minimum Gasteiger partial charge on any atom is -0.386 e. The van der Waals surface area contributed by atoms with Gasteiger partial charge in [-0.05, 0) is 6.42 Å². The lowest BCUT2D eigenvalue weighted by Gasteiger charge is -2.45. The van der Waals surface area contributed by atoms with Crippen molar-refractivity contribution in [2.75, 3.05) is 13.1 Å². The van der Waals surface area contributed by atoms with Crippen molar-refractivity contribution in [2.24, 2.45) is 0 Å². The highest BCUT2D eigenvalue weighted by Gasteiger charge is 2.43. The maximum absolute atomic E-state index is 12.1. The number of β-amino-alcohol motifs (C(OH)–C–C–N with tert-alkyl or cyclic N) is 1. The van der Waals surface area contributed by atoms with E-state index in [1.54, 1.807) is 0 Å². The van der Waals surface area contributed by atoms with Crippen LogP contribution in [0.5, 0.6) is 0 Å². The Bertz CT molecular complexity index is 501. The van der Waals surface area contributed by atoms with Crippen molar-refractivity contribution in [3.63, 3.8) is 0 Å². The summed E-state index contributed by atoms with van der Waals surface area (Å²) in [5.41, 5.74) is -0.734. The van der Waals surface area contributed by atoms with E-state index < -0.39 is 5.60 Å². The fourth-order valence-electron chi connectivity index (χ4n) is 1.77. The molecule has 1 aromatic rings. The second-order valence-corrected chi connectivity index (χ2v) is 5.48. The quantitative estimate of drug-likeness (QED) is 0.913. The Balaban J connectivity index is 2.19. The standard InChI is InChI=1S/C11H11Cl3N2O2/c1-2-11(18)4-16(5-11)10(17)9-8(14)7(13)6(12)3-15-9/h3,18H,2,4-5H2,1H3. The summed E-state index contributed by atoms with van der Waals surface area (Å²) >= 11 is 17.5. The van der Waals surface area contributed by atoms with Crippen LogP contribution < -0.4 is 0 Å². The lowest BCUT2D eigenvalue weighted by atomic mass is 9.91. The second-order valence-electron chi connectivity index (χ2n) is 4.32. The minimum atomic E-state index is -0.793. The molecule has 1 fully saturated rings. The van der Waals surface area contributed by atoms with Crippen molar-refractivity contribution >= 4 is 40.7 Å². The molecule has 0 spiro atoms. The summed E-state index contributed by atoms with van der Waals surface area (Å²) in [5.74, 6) is -0.350. The number of pyridine rings is 1. The van der Waals surface area contributed by atoms with Gasteiger partial charge >= 0.3 is 0 Å². The zero-order valence-corrected chi connectivity index (χ0v) is 11.9. The molecule has 0 aliphatic carbocycles. The lowest BCUT2D eigenvalue weighted by molar-refractivity contribution is -0.0828. The number of halogens is 3. The number of aliphatic hydroxyl groups is 1. The van der Waals surface area contributed by atoms with E-state index in [0.717, 1.165) is 0 Å². The first-order valence-electron chi connectivity index (χ1n) is 5.39. The van der Waals surface area contributed by atoms with E-state index in [1.165, 1.54) is 11.1 Å². The van der Waals surface area contributed by atoms with Gasteiger partial charge in [0.25, 0.3) is 5.91 Å². The van der Waals surface area contributed by atoms with Gasteiger partial charge in [0.2, 0.25) is 0 Å². The van der Waals surface area contributed by atoms with Crippen LogP contribution in [0.15, 0.2) is 6.20 Å². The molecule has 0 aromatic carbocycles. The number of rotatable bonds is 2. The molecule has 0 saturated carbocycles. The SMILES string of the molecule is CCC1(O)CN(C(=O)c2ncc(Cl)c(Cl)c2Cl)C1. The van der Waals surface area contributed by atoms with E-state index in [9.17, 15) is 9.90 Å². The first kappa shape index (κ1) is 13.9. The molecule has 1 aliphatic heterocycles. The number of carbonyl (C=O) groups excluding carboxylic acids is 1. The van der Waals surface area contributed by atoms with Crippen LogP contribution in [0.4, 0.5) is 0 Å². The van der Waals surface area contributed by atoms with Crippen molar-refractivity contribution in [1.29, 1.82) is 0 Å². The largest absolute Gasteiger partial charge is 0.386 e. The predicted molar refractivity (Wildman–Crippen MR) is 70.4 cm³/mol. The van der Waals surface area contributed by atoms with Crippen molar-refractivity contribution in [1.82, 2.24) is 9.88 Å². The number of amides is 1. The van der Waals surface area contributed by atoms with Crippen LogP contribution in [0, 0.1) is 0 Å². The zero-order chi connectivity index (χ0) is 13.5. The first-order valence-corrected chi connectivity index (χ1v) is 6.52. The molecule has 2 rings (SSSR count). The number of likely N-dealkylation sites (tertiary alicyclic amines) is 1. The van der Waals surface area contributed by atoms with E-state index >= 15 is 0 Å². The van der Waals surface area contributed by atoms with Crippen molar-refractivity contribution < 1.29 is 9.90 Å². The Labute approximate surface area is 119 Å². The predicted octanol–water partition coefficient (Wildman–Crippen LogP) is 2.64. The third-order valence-corrected chi connectivity index (χ3v) is 4.28. The molecular weight excluding hydrogens is 298 g/mol. The maximum Gasteiger partial charge on any atom is 0.274 e. The van der Waals surface area contributed by atoms with Gasteiger partial charge in [0.1, 0.15) is 5.69 Å². The fourth-order valence-corrected chi connectivity index (χ4v) is 2.34. The van der Waals surface area contributed by atoms with Gasteiger partial charge in [-0.2, -0.15) is 0 Å². The van der Waals surface area contributed by atoms with Gasteiger partial charge in [-0.15, -0.1) is 0 Å². The summed E-state index contributed by atoms with van der Waals surface area (Å²) in [7, 11) is 0. The second kappa shape index (κ2) is 4.85. The molecule has 0 bridgehead atoms. The lowest BCUT2D eigenvalue weighted by Crippen LogP contribution is -2.63. The molecule has 1 aliphatic rings. The highest BCUT2D eigenvalue weighted by Crippen LogP contribution is 2.33. The molecule has 1 N–H and O–H groups in total. The summed E-state index contributed by atoms with van der Waals surface area (Å²) in [4.78, 5) is 17.4. The fraction of sp³-hybridized carbons (Fsp3) is 0.455. The van der Waals surface area contributed by atoms with E-state index in [2.05, 4.69) is 4.98 Å². The number of hydrogen-bond acceptors (Lipinski definition) is 3. The number of hydrogen-bond donors (Lipinski definition) is 1. The van der Waals surface area contributed by atoms with Crippen LogP contribution in [-0.4, -0.2) is 39.6 Å². The summed E-state index contributed by atoms with van der Waals surface area (Å²) in [6.07, 6.45) is 1.88. The highest BCUT2D eigenvalue weighted by molar-refractivity contribution is 6.48. The number of aromatic nitrogens is 1. The molecule has 4 nitrogen and oxygen atoms in total. The van der Waals surface area contributed by atoms with Crippen LogP contribution in [0.1, 0.15) is 23.8 Å². The Hall–Kier alpha value is -0.550. The van der Waals surface area contributed by atoms with E-state index in [0.29, 0.717) is 6.42 Å². The van der Waals surface area contributed by atoms with Crippen LogP contribution >= 0.6 is 34.8 Å². The van der Waals surface area contributed by atoms with Gasteiger partial charge in [-0.1, -0.05) is 41.7 Å². The van der Waals surface area contributed by atoms with E-state index in [-0.39, 0.29) is 39.8 Å². The summed E-state index contributed by atoms with van der Waals surface area (Å²) < 4.78 is 0. The normalized spacial score (nSPS) is 17.5. The molecule has 18 heavy (non-hydrogen) atoms. The molecule has 0 atom stereocenters. The molecule has 0 radical (unpaired) electrons. The maximum atomic E-state index is 12.1. The van der Waals surface area contributed by atoms with E-state index in [4.69, 9.17) is 34.8 Å². The van der Waals surface area contributed by atoms with Crippen LogP contribution in [0.25, 0.3) is 0 Å². The van der Waals surface area contributed by atoms with Crippen molar-refractivity contribution in [3.05, 3.63) is 27.0 Å². The van der Waals surface area contributed by atoms with Crippen LogP contribution in [-0.2, 0) is 0 Å². The first-order chi connectivity index (χ1) is 8.38. The van der Waals surface area contributed by atoms with Crippen LogP contribution in [0.2, 0.25) is 15.1 Å². The minimum absolute atomic E-state index is 0.0427. The molecule has 98 valence electrons. The van der Waals surface area contributed by atoms with Gasteiger partial charge in [-0.3, -0.25) is 4.79 Å². The Morgan fingerprint density at radius 1 is 1.44 bits per heavy atom. The monoisotopic (exact) mass is 308 g/mol. The molecule has 0 unspecified atom stereocenters. The molecule has 2 heterocycles. The molecule has 1 aromatic heterocycles. The van der Waals surface area contributed by atoms with Gasteiger partial charge < -0.3 is 10.0 Å². The number of nitrogens with zero attached hydrogens (tertiary/aromatic N) is 2. The van der Waals surface area contributed by atoms with Crippen molar-refractivity contribution in [3.8, 4) is 0 Å². The van der Waals surface area contributed by atoms with Gasteiger partial charge in [0, 0.05) is 6.20 Å². The van der Waals surface area contributed by atoms with Gasteiger partial charge in [-0.25, -0.2) is 4.98 Å². The molecule has 1 saturated heterocycles. The summed E-state index contributed by atoms with van der Waals surface area (Å²) in [5, 5.41) is 10.2. The average molecular weight is 310 g/mol. The van der Waals surface area contributed by atoms with Gasteiger partial charge in [0.05, 0.1) is 33.8 Å². The smallest absolute Gasteiger partial charge is 0.274 e. The zero-order valence-electron chi connectivity index (χ0n) is 9.58. The highest BCUT2D eigenvalue weighted by atomic mass is 35.5. The van der Waals surface area contributed by atoms with Crippen LogP contribution in [0.3, 0.4) is 0 Å². The Morgan fingerprint density at radius 3 is 2.61 bits per heavy atom. The molecule has 1 amide bonds. The molecular formula is C11H11Cl3N2O2.